The van der Waals surface area contributed by atoms with Crippen LogP contribution in [0.5, 0.6) is 5.75 Å². The van der Waals surface area contributed by atoms with Crippen LogP contribution in [-0.4, -0.2) is 26.8 Å². The van der Waals surface area contributed by atoms with Crippen LogP contribution in [0.1, 0.15) is 11.4 Å². The van der Waals surface area contributed by atoms with Crippen LogP contribution in [-0.2, 0) is 13.7 Å². The number of tetrazole rings is 1. The lowest BCUT2D eigenvalue weighted by Crippen LogP contribution is -2.00. The predicted molar refractivity (Wildman–Crippen MR) is 65.5 cm³/mol. The third-order valence-electron chi connectivity index (χ3n) is 2.12. The molecule has 19 heavy (non-hydrogen) atoms. The number of hydrogen-bond donors (Lipinski definition) is 1. The molecule has 0 unspecified atom stereocenters. The van der Waals surface area contributed by atoms with Crippen molar-refractivity contribution >= 4 is 0 Å². The van der Waals surface area contributed by atoms with Crippen LogP contribution < -0.4 is 10.5 Å². The van der Waals surface area contributed by atoms with Gasteiger partial charge in [-0.3, -0.25) is 0 Å². The van der Waals surface area contributed by atoms with Crippen LogP contribution in [0.3, 0.4) is 0 Å². The van der Waals surface area contributed by atoms with Gasteiger partial charge in [0.1, 0.15) is 11.6 Å². The molecule has 0 radical (unpaired) electrons. The van der Waals surface area contributed by atoms with Gasteiger partial charge in [-0.2, -0.15) is 4.80 Å². The van der Waals surface area contributed by atoms with E-state index in [-0.39, 0.29) is 13.2 Å². The zero-order valence-corrected chi connectivity index (χ0v) is 10.3. The Morgan fingerprint density at radius 2 is 2.26 bits per heavy atom. The maximum Gasteiger partial charge on any atom is 0.212 e. The smallest absolute Gasteiger partial charge is 0.212 e. The second-order valence-corrected chi connectivity index (χ2v) is 3.67. The van der Waals surface area contributed by atoms with Gasteiger partial charge in [0.05, 0.1) is 13.6 Å². The molecule has 2 aromatic rings. The number of benzene rings is 1. The molecular weight excluding hydrogens is 249 g/mol. The third-order valence-corrected chi connectivity index (χ3v) is 2.12. The van der Waals surface area contributed by atoms with E-state index in [2.05, 4.69) is 27.3 Å². The highest BCUT2D eigenvalue weighted by atomic mass is 19.1. The number of halogens is 1. The summed E-state index contributed by atoms with van der Waals surface area (Å²) in [4.78, 5) is 1.32. The molecule has 0 aliphatic rings. The molecule has 1 heterocycles. The van der Waals surface area contributed by atoms with Crippen molar-refractivity contribution in [1.29, 1.82) is 0 Å². The summed E-state index contributed by atoms with van der Waals surface area (Å²) in [6, 6.07) is 4.21. The Morgan fingerprint density at radius 1 is 1.42 bits per heavy atom. The van der Waals surface area contributed by atoms with Crippen LogP contribution in [0.15, 0.2) is 18.2 Å². The first-order valence-corrected chi connectivity index (χ1v) is 5.52. The van der Waals surface area contributed by atoms with Crippen molar-refractivity contribution in [1.82, 2.24) is 20.2 Å². The van der Waals surface area contributed by atoms with Crippen LogP contribution in [0.25, 0.3) is 0 Å². The Hall–Kier alpha value is -2.46. The molecule has 0 amide bonds. The van der Waals surface area contributed by atoms with Crippen molar-refractivity contribution < 1.29 is 9.13 Å². The summed E-state index contributed by atoms with van der Waals surface area (Å²) < 4.78 is 18.7. The molecule has 0 spiro atoms. The van der Waals surface area contributed by atoms with E-state index in [9.17, 15) is 4.39 Å². The van der Waals surface area contributed by atoms with E-state index < -0.39 is 5.82 Å². The van der Waals surface area contributed by atoms with Gasteiger partial charge in [0.15, 0.2) is 6.61 Å². The summed E-state index contributed by atoms with van der Waals surface area (Å²) >= 11 is 0. The van der Waals surface area contributed by atoms with Crippen molar-refractivity contribution in [3.63, 3.8) is 0 Å². The second-order valence-electron chi connectivity index (χ2n) is 3.67. The molecule has 1 aromatic heterocycles. The van der Waals surface area contributed by atoms with E-state index >= 15 is 0 Å². The van der Waals surface area contributed by atoms with Crippen molar-refractivity contribution in [2.45, 2.75) is 6.61 Å². The fraction of sp³-hybridized carbons (Fsp3) is 0.250. The second kappa shape index (κ2) is 5.93. The van der Waals surface area contributed by atoms with Crippen LogP contribution in [0.2, 0.25) is 0 Å². The van der Waals surface area contributed by atoms with Gasteiger partial charge in [0.2, 0.25) is 5.82 Å². The Balaban J connectivity index is 2.09. The molecular formula is C12H12FN5O. The highest BCUT2D eigenvalue weighted by Crippen LogP contribution is 2.16. The van der Waals surface area contributed by atoms with E-state index in [0.717, 1.165) is 0 Å². The van der Waals surface area contributed by atoms with Crippen molar-refractivity contribution in [2.24, 2.45) is 12.8 Å². The Bertz CT molecular complexity index is 629. The first-order valence-electron chi connectivity index (χ1n) is 5.52. The topological polar surface area (TPSA) is 78.8 Å². The lowest BCUT2D eigenvalue weighted by atomic mass is 10.2. The highest BCUT2D eigenvalue weighted by molar-refractivity contribution is 5.40. The van der Waals surface area contributed by atoms with Gasteiger partial charge in [0, 0.05) is 11.6 Å². The molecule has 0 bridgehead atoms. The van der Waals surface area contributed by atoms with Gasteiger partial charge >= 0.3 is 0 Å². The first kappa shape index (κ1) is 13.0. The van der Waals surface area contributed by atoms with E-state index in [1.54, 1.807) is 13.1 Å². The van der Waals surface area contributed by atoms with E-state index in [1.807, 2.05) is 0 Å². The van der Waals surface area contributed by atoms with E-state index in [0.29, 0.717) is 17.1 Å². The maximum atomic E-state index is 13.4. The maximum absolute atomic E-state index is 13.4. The summed E-state index contributed by atoms with van der Waals surface area (Å²) in [7, 11) is 1.65. The van der Waals surface area contributed by atoms with Crippen molar-refractivity contribution in [3.8, 4) is 17.6 Å². The minimum absolute atomic E-state index is 0.112. The van der Waals surface area contributed by atoms with Gasteiger partial charge in [-0.15, -0.1) is 10.2 Å². The molecule has 0 saturated heterocycles. The summed E-state index contributed by atoms with van der Waals surface area (Å²) in [5.41, 5.74) is 5.77. The Labute approximate surface area is 109 Å². The predicted octanol–water partition coefficient (Wildman–Crippen LogP) is 0.238. The molecule has 0 saturated carbocycles. The van der Waals surface area contributed by atoms with Crippen LogP contribution in [0, 0.1) is 17.7 Å². The van der Waals surface area contributed by atoms with Crippen molar-refractivity contribution in [2.75, 3.05) is 6.54 Å². The van der Waals surface area contributed by atoms with Gasteiger partial charge in [-0.1, -0.05) is 11.8 Å². The highest BCUT2D eigenvalue weighted by Gasteiger charge is 2.04. The summed E-state index contributed by atoms with van der Waals surface area (Å²) in [5, 5.41) is 11.4. The Morgan fingerprint density at radius 3 is 2.95 bits per heavy atom. The van der Waals surface area contributed by atoms with Crippen LogP contribution >= 0.6 is 0 Å². The number of ether oxygens (including phenoxy) is 1. The molecule has 2 N–H and O–H groups in total. The number of aryl methyl sites for hydroxylation is 1. The molecule has 0 aliphatic heterocycles. The zero-order chi connectivity index (χ0) is 13.7. The number of hydrogen-bond acceptors (Lipinski definition) is 5. The summed E-state index contributed by atoms with van der Waals surface area (Å²) in [5.74, 6) is 5.75. The molecule has 0 atom stereocenters. The molecule has 2 rings (SSSR count). The van der Waals surface area contributed by atoms with Crippen LogP contribution in [0.4, 0.5) is 4.39 Å². The molecule has 1 aromatic carbocycles. The molecule has 7 heteroatoms. The fourth-order valence-corrected chi connectivity index (χ4v) is 1.40. The lowest BCUT2D eigenvalue weighted by Gasteiger charge is -2.04. The fourth-order valence-electron chi connectivity index (χ4n) is 1.40. The summed E-state index contributed by atoms with van der Waals surface area (Å²) in [6.45, 7) is 0.331. The van der Waals surface area contributed by atoms with E-state index in [1.165, 1.54) is 16.9 Å². The third kappa shape index (κ3) is 3.76. The average Bonchev–Trinajstić information content (AvgIpc) is 2.79. The normalized spacial score (nSPS) is 9.84. The zero-order valence-electron chi connectivity index (χ0n) is 10.3. The quantitative estimate of drug-likeness (QED) is 0.801. The molecule has 98 valence electrons. The van der Waals surface area contributed by atoms with Gasteiger partial charge in [-0.05, 0) is 17.3 Å². The lowest BCUT2D eigenvalue weighted by molar-refractivity contribution is 0.293. The molecule has 0 aliphatic carbocycles. The molecule has 0 fully saturated rings. The standard InChI is InChI=1S/C12H12FN5O/c1-18-16-12(15-17-18)8-19-11-6-9(3-2-4-14)5-10(13)7-11/h5-7H,4,8,14H2,1H3. The monoisotopic (exact) mass is 261 g/mol. The largest absolute Gasteiger partial charge is 0.485 e. The number of nitrogens with two attached hydrogens (primary N) is 1. The number of rotatable bonds is 3. The SMILES string of the molecule is Cn1nnc(COc2cc(F)cc(C#CCN)c2)n1. The Kier molecular flexibility index (Phi) is 4.05. The van der Waals surface area contributed by atoms with E-state index in [4.69, 9.17) is 10.5 Å². The number of nitrogens with zero attached hydrogens (tertiary/aromatic N) is 4. The minimum Gasteiger partial charge on any atom is -0.485 e. The van der Waals surface area contributed by atoms with Gasteiger partial charge in [0.25, 0.3) is 0 Å². The first-order chi connectivity index (χ1) is 9.17. The summed E-state index contributed by atoms with van der Waals surface area (Å²) in [6.07, 6.45) is 0. The van der Waals surface area contributed by atoms with Gasteiger partial charge < -0.3 is 10.5 Å². The van der Waals surface area contributed by atoms with Crippen molar-refractivity contribution in [3.05, 3.63) is 35.4 Å². The number of aromatic nitrogens is 4. The average molecular weight is 261 g/mol. The van der Waals surface area contributed by atoms with Gasteiger partial charge in [-0.25, -0.2) is 4.39 Å². The molecule has 6 nitrogen and oxygen atoms in total. The minimum atomic E-state index is -0.425.